The summed E-state index contributed by atoms with van der Waals surface area (Å²) in [7, 11) is 0. The van der Waals surface area contributed by atoms with Gasteiger partial charge in [-0.3, -0.25) is 9.59 Å². The summed E-state index contributed by atoms with van der Waals surface area (Å²) in [4.78, 5) is 26.0. The minimum absolute atomic E-state index is 0.0457. The quantitative estimate of drug-likeness (QED) is 0.771. The lowest BCUT2D eigenvalue weighted by Gasteiger charge is -2.33. The second-order valence-electron chi connectivity index (χ2n) is 10.6. The summed E-state index contributed by atoms with van der Waals surface area (Å²) in [6, 6.07) is 0. The maximum Gasteiger partial charge on any atom is 0.226 e. The molecule has 3 heteroatoms. The molecule has 0 aromatic heterocycles. The van der Waals surface area contributed by atoms with E-state index in [2.05, 4.69) is 55.7 Å². The summed E-state index contributed by atoms with van der Waals surface area (Å²) in [5.74, 6) is 13.3. The molecule has 0 heterocycles. The number of nitrogens with one attached hydrogen (secondary N) is 1. The molecule has 0 aromatic rings. The minimum Gasteiger partial charge on any atom is -0.343 e. The first-order valence-electron chi connectivity index (χ1n) is 9.41. The fraction of sp³-hybridized carbons (Fsp3) is 0.667. The van der Waals surface area contributed by atoms with Gasteiger partial charge in [0.2, 0.25) is 5.91 Å². The molecule has 1 aliphatic rings. The fourth-order valence-electron chi connectivity index (χ4n) is 3.31. The van der Waals surface area contributed by atoms with Crippen LogP contribution in [-0.2, 0) is 9.59 Å². The topological polar surface area (TPSA) is 46.2 Å². The molecule has 27 heavy (non-hydrogen) atoms. The summed E-state index contributed by atoms with van der Waals surface area (Å²) >= 11 is 0. The van der Waals surface area contributed by atoms with Crippen LogP contribution in [0.5, 0.6) is 0 Å². The Bertz CT molecular complexity index is 770. The Balaban J connectivity index is 3.35. The molecule has 1 rings (SSSR count). The molecule has 1 unspecified atom stereocenters. The third-order valence-corrected chi connectivity index (χ3v) is 4.88. The van der Waals surface area contributed by atoms with Crippen LogP contribution >= 0.6 is 0 Å². The number of carbonyl (C=O) groups excluding carboxylic acids is 2. The summed E-state index contributed by atoms with van der Waals surface area (Å²) in [6.45, 7) is 17.5. The second kappa shape index (κ2) is 7.44. The highest BCUT2D eigenvalue weighted by Gasteiger charge is 2.66. The molecular formula is C24H33NO2. The zero-order chi connectivity index (χ0) is 21.3. The number of ketones is 1. The van der Waals surface area contributed by atoms with Crippen molar-refractivity contribution in [2.45, 2.75) is 74.3 Å². The molecule has 0 aromatic carbocycles. The lowest BCUT2D eigenvalue weighted by atomic mass is 9.74. The third-order valence-electron chi connectivity index (χ3n) is 4.88. The van der Waals surface area contributed by atoms with Gasteiger partial charge in [-0.2, -0.15) is 0 Å². The van der Waals surface area contributed by atoms with Gasteiger partial charge < -0.3 is 5.32 Å². The van der Waals surface area contributed by atoms with Crippen molar-refractivity contribution >= 4 is 11.7 Å². The number of hydrogen-bond acceptors (Lipinski definition) is 2. The molecule has 3 atom stereocenters. The van der Waals surface area contributed by atoms with Gasteiger partial charge in [-0.15, -0.1) is 6.42 Å². The summed E-state index contributed by atoms with van der Waals surface area (Å²) in [5, 5.41) is 3.09. The van der Waals surface area contributed by atoms with Gasteiger partial charge in [0.1, 0.15) is 5.54 Å². The van der Waals surface area contributed by atoms with Crippen LogP contribution in [0.3, 0.4) is 0 Å². The first kappa shape index (κ1) is 22.9. The van der Waals surface area contributed by atoms with Crippen molar-refractivity contribution in [3.8, 4) is 36.0 Å². The standard InChI is InChI=1S/C24H33NO2/c1-11-12-13-14-15-17(21(2,3)4)18-16-24(18,19(26)22(5,6)7)25-20(27)23(8,9)10/h1,17-18H,16H2,2-10H3,(H,25,27)/t17?,18-,24+/m1/s1. The van der Waals surface area contributed by atoms with Gasteiger partial charge in [-0.25, -0.2) is 0 Å². The summed E-state index contributed by atoms with van der Waals surface area (Å²) in [6.07, 6.45) is 5.75. The second-order valence-corrected chi connectivity index (χ2v) is 10.6. The van der Waals surface area contributed by atoms with Crippen LogP contribution in [0.25, 0.3) is 0 Å². The molecule has 1 amide bonds. The van der Waals surface area contributed by atoms with Gasteiger partial charge >= 0.3 is 0 Å². The largest absolute Gasteiger partial charge is 0.343 e. The maximum absolute atomic E-state index is 13.3. The van der Waals surface area contributed by atoms with E-state index in [0.29, 0.717) is 6.42 Å². The maximum atomic E-state index is 13.3. The number of hydrogen-bond donors (Lipinski definition) is 1. The predicted molar refractivity (Wildman–Crippen MR) is 110 cm³/mol. The monoisotopic (exact) mass is 367 g/mol. The Morgan fingerprint density at radius 1 is 0.963 bits per heavy atom. The highest BCUT2D eigenvalue weighted by molar-refractivity contribution is 6.00. The molecule has 1 fully saturated rings. The minimum atomic E-state index is -0.866. The third kappa shape index (κ3) is 5.40. The van der Waals surface area contributed by atoms with E-state index in [1.165, 1.54) is 0 Å². The molecule has 0 bridgehead atoms. The van der Waals surface area contributed by atoms with Crippen LogP contribution < -0.4 is 5.32 Å². The van der Waals surface area contributed by atoms with Crippen molar-refractivity contribution < 1.29 is 9.59 Å². The molecule has 0 aliphatic heterocycles. The average Bonchev–Trinajstić information content (AvgIpc) is 3.17. The lowest BCUT2D eigenvalue weighted by Crippen LogP contribution is -2.53. The first-order chi connectivity index (χ1) is 12.1. The van der Waals surface area contributed by atoms with Crippen molar-refractivity contribution in [2.75, 3.05) is 0 Å². The summed E-state index contributed by atoms with van der Waals surface area (Å²) in [5.41, 5.74) is -2.16. The van der Waals surface area contributed by atoms with E-state index in [1.807, 2.05) is 41.5 Å². The van der Waals surface area contributed by atoms with Crippen LogP contribution in [0, 0.1) is 64.1 Å². The van der Waals surface area contributed by atoms with Gasteiger partial charge in [0.05, 0.1) is 0 Å². The Hall–Kier alpha value is -2.18. The van der Waals surface area contributed by atoms with Crippen LogP contribution in [0.15, 0.2) is 0 Å². The van der Waals surface area contributed by atoms with E-state index in [1.54, 1.807) is 0 Å². The number of terminal acetylenes is 1. The van der Waals surface area contributed by atoms with E-state index in [-0.39, 0.29) is 28.9 Å². The van der Waals surface area contributed by atoms with Gasteiger partial charge in [-0.05, 0) is 35.5 Å². The normalized spacial score (nSPS) is 22.9. The number of rotatable bonds is 3. The lowest BCUT2D eigenvalue weighted by molar-refractivity contribution is -0.137. The van der Waals surface area contributed by atoms with Gasteiger partial charge in [0, 0.05) is 22.7 Å². The summed E-state index contributed by atoms with van der Waals surface area (Å²) < 4.78 is 0. The molecular weight excluding hydrogens is 334 g/mol. The molecule has 3 nitrogen and oxygen atoms in total. The van der Waals surface area contributed by atoms with Gasteiger partial charge in [0.25, 0.3) is 0 Å². The Morgan fingerprint density at radius 3 is 1.93 bits per heavy atom. The molecule has 1 aliphatic carbocycles. The van der Waals surface area contributed by atoms with E-state index in [9.17, 15) is 9.59 Å². The number of Topliss-reactive ketones (excluding diaryl/α,β-unsaturated/α-hetero) is 1. The van der Waals surface area contributed by atoms with Crippen molar-refractivity contribution in [3.05, 3.63) is 0 Å². The van der Waals surface area contributed by atoms with Crippen molar-refractivity contribution in [2.24, 2.45) is 28.1 Å². The van der Waals surface area contributed by atoms with Crippen LogP contribution in [0.1, 0.15) is 68.7 Å². The van der Waals surface area contributed by atoms with Crippen LogP contribution in [-0.4, -0.2) is 17.2 Å². The van der Waals surface area contributed by atoms with E-state index < -0.39 is 16.4 Å². The molecule has 0 radical (unpaired) electrons. The fourth-order valence-corrected chi connectivity index (χ4v) is 3.31. The smallest absolute Gasteiger partial charge is 0.226 e. The zero-order valence-corrected chi connectivity index (χ0v) is 18.3. The Morgan fingerprint density at radius 2 is 1.52 bits per heavy atom. The average molecular weight is 368 g/mol. The van der Waals surface area contributed by atoms with Crippen molar-refractivity contribution in [1.82, 2.24) is 5.32 Å². The van der Waals surface area contributed by atoms with Gasteiger partial charge in [-0.1, -0.05) is 68.2 Å². The SMILES string of the molecule is C#CC#CC#CC([C@H]1C[C@@]1(NC(=O)C(C)(C)C)C(=O)C(C)(C)C)C(C)(C)C. The molecule has 146 valence electrons. The van der Waals surface area contributed by atoms with E-state index in [0.717, 1.165) is 0 Å². The Kier molecular flexibility index (Phi) is 6.30. The molecule has 0 spiro atoms. The molecule has 1 N–H and O–H groups in total. The Labute approximate surface area is 165 Å². The highest BCUT2D eigenvalue weighted by atomic mass is 16.2. The van der Waals surface area contributed by atoms with Gasteiger partial charge in [0.15, 0.2) is 5.78 Å². The number of amides is 1. The first-order valence-corrected chi connectivity index (χ1v) is 9.41. The molecule has 0 saturated heterocycles. The van der Waals surface area contributed by atoms with Crippen molar-refractivity contribution in [3.63, 3.8) is 0 Å². The highest BCUT2D eigenvalue weighted by Crippen LogP contribution is 2.56. The van der Waals surface area contributed by atoms with Crippen LogP contribution in [0.2, 0.25) is 0 Å². The van der Waals surface area contributed by atoms with Crippen LogP contribution in [0.4, 0.5) is 0 Å². The number of carbonyl (C=O) groups is 2. The van der Waals surface area contributed by atoms with E-state index in [4.69, 9.17) is 6.42 Å². The van der Waals surface area contributed by atoms with Crippen molar-refractivity contribution in [1.29, 1.82) is 0 Å². The zero-order valence-electron chi connectivity index (χ0n) is 18.3. The molecule has 1 saturated carbocycles. The predicted octanol–water partition coefficient (Wildman–Crippen LogP) is 3.82. The van der Waals surface area contributed by atoms with E-state index >= 15 is 0 Å².